The summed E-state index contributed by atoms with van der Waals surface area (Å²) in [5.74, 6) is 0. The van der Waals surface area contributed by atoms with Crippen molar-refractivity contribution in [2.24, 2.45) is 0 Å². The van der Waals surface area contributed by atoms with Crippen molar-refractivity contribution in [2.45, 2.75) is 56.8 Å². The van der Waals surface area contributed by atoms with Gasteiger partial charge in [-0.15, -0.1) is 0 Å². The second-order valence-electron chi connectivity index (χ2n) is 5.49. The molecule has 0 aromatic heterocycles. The van der Waals surface area contributed by atoms with E-state index in [1.807, 2.05) is 0 Å². The molecule has 2 unspecified atom stereocenters. The van der Waals surface area contributed by atoms with Gasteiger partial charge in [-0.2, -0.15) is 0 Å². The summed E-state index contributed by atoms with van der Waals surface area (Å²) in [6.07, 6.45) is 5.41. The van der Waals surface area contributed by atoms with Crippen LogP contribution in [-0.2, 0) is 0 Å². The van der Waals surface area contributed by atoms with Gasteiger partial charge in [-0.05, 0) is 33.1 Å². The minimum atomic E-state index is 0.292. The van der Waals surface area contributed by atoms with E-state index >= 15 is 0 Å². The van der Waals surface area contributed by atoms with Crippen molar-refractivity contribution in [3.8, 4) is 0 Å². The zero-order valence-electron chi connectivity index (χ0n) is 8.56. The molecule has 3 aliphatic rings. The first kappa shape index (κ1) is 8.21. The summed E-state index contributed by atoms with van der Waals surface area (Å²) in [6, 6.07) is 0.667. The second kappa shape index (κ2) is 2.27. The zero-order chi connectivity index (χ0) is 9.10. The maximum atomic E-state index is 4.76. The van der Waals surface area contributed by atoms with Crippen molar-refractivity contribution in [1.82, 2.24) is 5.32 Å². The quantitative estimate of drug-likeness (QED) is 0.514. The Kier molecular flexibility index (Phi) is 1.43. The molecule has 3 fully saturated rings. The summed E-state index contributed by atoms with van der Waals surface area (Å²) < 4.78 is 0. The number of nitrogens with zero attached hydrogens (tertiary/aromatic N) is 1. The fraction of sp³-hybridized carbons (Fsp3) is 1.00. The Morgan fingerprint density at radius 2 is 2.23 bits per heavy atom. The van der Waals surface area contributed by atoms with E-state index in [9.17, 15) is 0 Å². The van der Waals surface area contributed by atoms with Gasteiger partial charge in [-0.1, -0.05) is 6.42 Å². The molecule has 0 bridgehead atoms. The van der Waals surface area contributed by atoms with Gasteiger partial charge < -0.3 is 10.4 Å². The number of hydrogen-bond acceptors (Lipinski definition) is 1. The summed E-state index contributed by atoms with van der Waals surface area (Å²) in [5, 5.41) is 5.28. The van der Waals surface area contributed by atoms with Crippen LogP contribution in [-0.4, -0.2) is 23.8 Å². The molecular formula is C10H19N3. The Labute approximate surface area is 79.8 Å². The lowest BCUT2D eigenvalue weighted by molar-refractivity contribution is -0.790. The lowest BCUT2D eigenvalue weighted by atomic mass is 9.83. The molecule has 0 aromatic rings. The number of piperazine rings is 1. The minimum Gasteiger partial charge on any atom is -0.405 e. The van der Waals surface area contributed by atoms with Gasteiger partial charge in [-0.3, -0.25) is 5.32 Å². The molecule has 2 N–H and O–H groups in total. The molecule has 2 aliphatic heterocycles. The molecule has 74 valence electrons. The van der Waals surface area contributed by atoms with Crippen molar-refractivity contribution >= 4 is 0 Å². The van der Waals surface area contributed by atoms with Crippen LogP contribution in [0.5, 0.6) is 0 Å². The van der Waals surface area contributed by atoms with E-state index < -0.39 is 0 Å². The monoisotopic (exact) mass is 181 g/mol. The molecule has 3 nitrogen and oxygen atoms in total. The Hall–Kier alpha value is -0.120. The van der Waals surface area contributed by atoms with Gasteiger partial charge in [0.05, 0.1) is 17.7 Å². The molecule has 2 saturated heterocycles. The molecule has 1 aliphatic carbocycles. The predicted octanol–water partition coefficient (Wildman–Crippen LogP) is 0.194. The molecule has 3 atom stereocenters. The first-order valence-electron chi connectivity index (χ1n) is 5.49. The molecule has 1 saturated carbocycles. The van der Waals surface area contributed by atoms with E-state index in [1.54, 1.807) is 0 Å². The third-order valence-corrected chi connectivity index (χ3v) is 3.84. The Morgan fingerprint density at radius 1 is 1.38 bits per heavy atom. The average molecular weight is 181 g/mol. The van der Waals surface area contributed by atoms with Crippen LogP contribution in [0.15, 0.2) is 0 Å². The molecule has 2 heterocycles. The Balaban J connectivity index is 1.84. The first-order chi connectivity index (χ1) is 6.12. The highest BCUT2D eigenvalue weighted by molar-refractivity contribution is 5.16. The largest absolute Gasteiger partial charge is 0.405 e. The molecular weight excluding hydrogens is 162 g/mol. The number of quaternary nitrogens is 1. The van der Waals surface area contributed by atoms with E-state index in [-0.39, 0.29) is 0 Å². The summed E-state index contributed by atoms with van der Waals surface area (Å²) in [5.41, 5.74) is 5.38. The standard InChI is InChI=1S/C10H19N3/c1-9(2)7-13-10(12-13)6-4-3-5-8(10)11-9/h8,11,13H,3-7H2,1-2H3/t8-,10?/m0/s1. The smallest absolute Gasteiger partial charge is 0.0857 e. The predicted molar refractivity (Wildman–Crippen MR) is 51.4 cm³/mol. The van der Waals surface area contributed by atoms with Crippen molar-refractivity contribution in [2.75, 3.05) is 6.54 Å². The van der Waals surface area contributed by atoms with Crippen LogP contribution in [0.3, 0.4) is 0 Å². The van der Waals surface area contributed by atoms with Crippen LogP contribution < -0.4 is 10.3 Å². The van der Waals surface area contributed by atoms with Crippen LogP contribution in [0, 0.1) is 0 Å². The van der Waals surface area contributed by atoms with E-state index in [2.05, 4.69) is 19.2 Å². The van der Waals surface area contributed by atoms with Gasteiger partial charge in [-0.25, -0.2) is 0 Å². The topological polar surface area (TPSA) is 30.6 Å². The lowest BCUT2D eigenvalue weighted by Gasteiger charge is -2.44. The molecule has 3 heteroatoms. The van der Waals surface area contributed by atoms with Gasteiger partial charge in [0.2, 0.25) is 0 Å². The van der Waals surface area contributed by atoms with E-state index in [0.717, 1.165) is 0 Å². The molecule has 1 spiro atoms. The summed E-state index contributed by atoms with van der Waals surface area (Å²) in [7, 11) is 0. The van der Waals surface area contributed by atoms with Crippen LogP contribution in [0.25, 0.3) is 5.43 Å². The highest BCUT2D eigenvalue weighted by Gasteiger charge is 2.57. The van der Waals surface area contributed by atoms with Crippen LogP contribution in [0.1, 0.15) is 39.5 Å². The first-order valence-corrected chi connectivity index (χ1v) is 5.49. The van der Waals surface area contributed by atoms with Crippen molar-refractivity contribution in [3.05, 3.63) is 5.43 Å². The molecule has 13 heavy (non-hydrogen) atoms. The highest BCUT2D eigenvalue weighted by atomic mass is 15.8. The number of rotatable bonds is 0. The molecule has 0 aromatic carbocycles. The minimum absolute atomic E-state index is 0.292. The average Bonchev–Trinajstić information content (AvgIpc) is 2.70. The lowest BCUT2D eigenvalue weighted by Crippen LogP contribution is -3.04. The normalized spacial score (nSPS) is 52.2. The summed E-state index contributed by atoms with van der Waals surface area (Å²) >= 11 is 0. The number of nitrogens with one attached hydrogen (secondary N) is 2. The van der Waals surface area contributed by atoms with Crippen molar-refractivity contribution < 1.29 is 5.01 Å². The third-order valence-electron chi connectivity index (χ3n) is 3.84. The molecule has 0 radical (unpaired) electrons. The molecule has 3 rings (SSSR count). The summed E-state index contributed by atoms with van der Waals surface area (Å²) in [6.45, 7) is 5.77. The van der Waals surface area contributed by atoms with Gasteiger partial charge in [0.25, 0.3) is 0 Å². The Morgan fingerprint density at radius 3 is 3.08 bits per heavy atom. The maximum Gasteiger partial charge on any atom is 0.0857 e. The Bertz CT molecular complexity index is 238. The zero-order valence-corrected chi connectivity index (χ0v) is 8.56. The second-order valence-corrected chi connectivity index (χ2v) is 5.49. The van der Waals surface area contributed by atoms with Crippen molar-refractivity contribution in [1.29, 1.82) is 0 Å². The fourth-order valence-corrected chi connectivity index (χ4v) is 3.17. The summed E-state index contributed by atoms with van der Waals surface area (Å²) in [4.78, 5) is 0. The fourth-order valence-electron chi connectivity index (χ4n) is 3.17. The SMILES string of the molecule is CC1(C)C[NH+]2[N-]C23CCCC[C@@H]3N1. The van der Waals surface area contributed by atoms with E-state index in [4.69, 9.17) is 5.43 Å². The number of hydrogen-bond donors (Lipinski definition) is 2. The third kappa shape index (κ3) is 1.07. The highest BCUT2D eigenvalue weighted by Crippen LogP contribution is 2.39. The van der Waals surface area contributed by atoms with Crippen molar-refractivity contribution in [3.63, 3.8) is 0 Å². The van der Waals surface area contributed by atoms with Gasteiger partial charge >= 0.3 is 0 Å². The molecule has 0 amide bonds. The van der Waals surface area contributed by atoms with E-state index in [1.165, 1.54) is 37.2 Å². The van der Waals surface area contributed by atoms with Gasteiger partial charge in [0.15, 0.2) is 0 Å². The van der Waals surface area contributed by atoms with Gasteiger partial charge in [0, 0.05) is 6.04 Å². The van der Waals surface area contributed by atoms with Gasteiger partial charge in [0.1, 0.15) is 0 Å². The van der Waals surface area contributed by atoms with E-state index in [0.29, 0.717) is 17.2 Å². The van der Waals surface area contributed by atoms with Crippen LogP contribution in [0.4, 0.5) is 0 Å². The maximum absolute atomic E-state index is 4.76. The van der Waals surface area contributed by atoms with Crippen LogP contribution >= 0.6 is 0 Å². The van der Waals surface area contributed by atoms with Crippen LogP contribution in [0.2, 0.25) is 0 Å².